The highest BCUT2D eigenvalue weighted by molar-refractivity contribution is 14.0. The highest BCUT2D eigenvalue weighted by atomic mass is 127. The second kappa shape index (κ2) is 10.5. The van der Waals surface area contributed by atoms with Crippen molar-refractivity contribution in [3.05, 3.63) is 35.4 Å². The SMILES string of the molecule is CN=C(NCc1ccccc1CN1CC(C)CC(C)C1)NCC1CC1.I. The number of benzene rings is 1. The lowest BCUT2D eigenvalue weighted by molar-refractivity contribution is 0.134. The summed E-state index contributed by atoms with van der Waals surface area (Å²) in [6.45, 7) is 10.1. The first-order valence-electron chi connectivity index (χ1n) is 9.87. The fourth-order valence-corrected chi connectivity index (χ4v) is 4.01. The van der Waals surface area contributed by atoms with E-state index in [4.69, 9.17) is 0 Å². The van der Waals surface area contributed by atoms with E-state index in [0.717, 1.165) is 43.3 Å². The van der Waals surface area contributed by atoms with E-state index in [1.807, 2.05) is 7.05 Å². The fraction of sp³-hybridized carbons (Fsp3) is 0.667. The summed E-state index contributed by atoms with van der Waals surface area (Å²) < 4.78 is 0. The van der Waals surface area contributed by atoms with Gasteiger partial charge in [0.2, 0.25) is 0 Å². The molecule has 0 radical (unpaired) electrons. The van der Waals surface area contributed by atoms with Crippen LogP contribution < -0.4 is 10.6 Å². The van der Waals surface area contributed by atoms with Gasteiger partial charge in [-0.2, -0.15) is 0 Å². The maximum Gasteiger partial charge on any atom is 0.191 e. The molecular weight excluding hydrogens is 435 g/mol. The van der Waals surface area contributed by atoms with Gasteiger partial charge >= 0.3 is 0 Å². The van der Waals surface area contributed by atoms with Gasteiger partial charge in [0.15, 0.2) is 5.96 Å². The summed E-state index contributed by atoms with van der Waals surface area (Å²) in [7, 11) is 1.85. The van der Waals surface area contributed by atoms with Crippen LogP contribution in [0.1, 0.15) is 44.2 Å². The summed E-state index contributed by atoms with van der Waals surface area (Å²) in [6.07, 6.45) is 4.09. The van der Waals surface area contributed by atoms with E-state index in [-0.39, 0.29) is 24.0 Å². The van der Waals surface area contributed by atoms with Crippen LogP contribution in [0.2, 0.25) is 0 Å². The molecule has 2 fully saturated rings. The monoisotopic (exact) mass is 470 g/mol. The molecule has 2 N–H and O–H groups in total. The number of hydrogen-bond acceptors (Lipinski definition) is 2. The minimum atomic E-state index is 0. The predicted octanol–water partition coefficient (Wildman–Crippen LogP) is 3.86. The van der Waals surface area contributed by atoms with Crippen molar-refractivity contribution in [1.82, 2.24) is 15.5 Å². The van der Waals surface area contributed by atoms with Crippen molar-refractivity contribution >= 4 is 29.9 Å². The van der Waals surface area contributed by atoms with Crippen LogP contribution in [0.4, 0.5) is 0 Å². The standard InChI is InChI=1S/C21H34N4.HI/c1-16-10-17(2)14-25(13-16)15-20-7-5-4-6-19(20)12-24-21(22-3)23-11-18-8-9-18;/h4-7,16-18H,8-15H2,1-3H3,(H2,22,23,24);1H. The van der Waals surface area contributed by atoms with Gasteiger partial charge in [0.25, 0.3) is 0 Å². The molecule has 2 unspecified atom stereocenters. The molecule has 0 bridgehead atoms. The van der Waals surface area contributed by atoms with E-state index in [9.17, 15) is 0 Å². The Labute approximate surface area is 176 Å². The summed E-state index contributed by atoms with van der Waals surface area (Å²) in [4.78, 5) is 6.97. The molecule has 1 aromatic rings. The third-order valence-electron chi connectivity index (χ3n) is 5.38. The number of likely N-dealkylation sites (tertiary alicyclic amines) is 1. The Morgan fingerprint density at radius 3 is 2.35 bits per heavy atom. The van der Waals surface area contributed by atoms with Crippen molar-refractivity contribution in [1.29, 1.82) is 0 Å². The molecule has 1 saturated carbocycles. The van der Waals surface area contributed by atoms with Crippen molar-refractivity contribution in [2.24, 2.45) is 22.7 Å². The van der Waals surface area contributed by atoms with Gasteiger partial charge in [0, 0.05) is 39.8 Å². The number of nitrogens with zero attached hydrogens (tertiary/aromatic N) is 2. The molecule has 1 heterocycles. The zero-order valence-electron chi connectivity index (χ0n) is 16.5. The first kappa shape index (κ1) is 21.5. The van der Waals surface area contributed by atoms with Crippen LogP contribution in [0.25, 0.3) is 0 Å². The van der Waals surface area contributed by atoms with Crippen molar-refractivity contribution in [2.75, 3.05) is 26.7 Å². The first-order valence-corrected chi connectivity index (χ1v) is 9.87. The molecule has 0 aromatic heterocycles. The Morgan fingerprint density at radius 2 is 1.73 bits per heavy atom. The van der Waals surface area contributed by atoms with Gasteiger partial charge in [-0.25, -0.2) is 0 Å². The molecule has 2 aliphatic rings. The highest BCUT2D eigenvalue weighted by Crippen LogP contribution is 2.27. The summed E-state index contributed by atoms with van der Waals surface area (Å²) in [5.41, 5.74) is 2.82. The number of nitrogens with one attached hydrogen (secondary N) is 2. The summed E-state index contributed by atoms with van der Waals surface area (Å²) in [5.74, 6) is 3.38. The van der Waals surface area contributed by atoms with Crippen LogP contribution in [0.15, 0.2) is 29.3 Å². The molecule has 3 rings (SSSR count). The number of halogens is 1. The Bertz CT molecular complexity index is 575. The molecule has 1 saturated heterocycles. The van der Waals surface area contributed by atoms with Crippen molar-refractivity contribution in [2.45, 2.75) is 46.2 Å². The van der Waals surface area contributed by atoms with Crippen molar-refractivity contribution in [3.8, 4) is 0 Å². The maximum atomic E-state index is 4.35. The number of aliphatic imine (C=N–C) groups is 1. The third kappa shape index (κ3) is 6.72. The molecule has 26 heavy (non-hydrogen) atoms. The average molecular weight is 470 g/mol. The number of hydrogen-bond donors (Lipinski definition) is 2. The minimum Gasteiger partial charge on any atom is -0.356 e. The lowest BCUT2D eigenvalue weighted by Gasteiger charge is -2.35. The van der Waals surface area contributed by atoms with Crippen LogP contribution >= 0.6 is 24.0 Å². The Kier molecular flexibility index (Phi) is 8.67. The van der Waals surface area contributed by atoms with E-state index in [2.05, 4.69) is 58.6 Å². The molecule has 0 amide bonds. The molecular formula is C21H35IN4. The Morgan fingerprint density at radius 1 is 1.08 bits per heavy atom. The van der Waals surface area contributed by atoms with Crippen LogP contribution in [0.3, 0.4) is 0 Å². The highest BCUT2D eigenvalue weighted by Gasteiger charge is 2.22. The predicted molar refractivity (Wildman–Crippen MR) is 121 cm³/mol. The van der Waals surface area contributed by atoms with E-state index in [0.29, 0.717) is 0 Å². The third-order valence-corrected chi connectivity index (χ3v) is 5.38. The summed E-state index contributed by atoms with van der Waals surface area (Å²) in [6, 6.07) is 8.83. The number of guanidine groups is 1. The van der Waals surface area contributed by atoms with Gasteiger partial charge in [0.05, 0.1) is 0 Å². The molecule has 5 heteroatoms. The molecule has 1 aliphatic carbocycles. The Balaban J connectivity index is 0.00000243. The first-order chi connectivity index (χ1) is 12.1. The van der Waals surface area contributed by atoms with Crippen LogP contribution in [-0.4, -0.2) is 37.5 Å². The van der Waals surface area contributed by atoms with Gasteiger partial charge in [-0.15, -0.1) is 24.0 Å². The van der Waals surface area contributed by atoms with Gasteiger partial charge in [-0.3, -0.25) is 9.89 Å². The lowest BCUT2D eigenvalue weighted by atomic mass is 9.91. The van der Waals surface area contributed by atoms with E-state index >= 15 is 0 Å². The van der Waals surface area contributed by atoms with Crippen LogP contribution in [-0.2, 0) is 13.1 Å². The van der Waals surface area contributed by atoms with E-state index in [1.54, 1.807) is 0 Å². The van der Waals surface area contributed by atoms with E-state index in [1.165, 1.54) is 43.5 Å². The van der Waals surface area contributed by atoms with Crippen molar-refractivity contribution < 1.29 is 0 Å². The van der Waals surface area contributed by atoms with Gasteiger partial charge in [0.1, 0.15) is 0 Å². The smallest absolute Gasteiger partial charge is 0.191 e. The average Bonchev–Trinajstić information content (AvgIpc) is 3.40. The van der Waals surface area contributed by atoms with Gasteiger partial charge in [-0.1, -0.05) is 38.1 Å². The van der Waals surface area contributed by atoms with Gasteiger partial charge in [-0.05, 0) is 48.1 Å². The van der Waals surface area contributed by atoms with Gasteiger partial charge < -0.3 is 10.6 Å². The molecule has 1 aromatic carbocycles. The molecule has 0 spiro atoms. The quantitative estimate of drug-likeness (QED) is 0.377. The van der Waals surface area contributed by atoms with Crippen molar-refractivity contribution in [3.63, 3.8) is 0 Å². The molecule has 2 atom stereocenters. The zero-order chi connectivity index (χ0) is 17.6. The largest absolute Gasteiger partial charge is 0.356 e. The molecule has 1 aliphatic heterocycles. The lowest BCUT2D eigenvalue weighted by Crippen LogP contribution is -2.39. The second-order valence-electron chi connectivity index (χ2n) is 8.16. The number of piperidine rings is 1. The summed E-state index contributed by atoms with van der Waals surface area (Å²) in [5, 5.41) is 6.93. The maximum absolute atomic E-state index is 4.35. The zero-order valence-corrected chi connectivity index (χ0v) is 18.8. The van der Waals surface area contributed by atoms with Crippen LogP contribution in [0.5, 0.6) is 0 Å². The number of rotatable bonds is 6. The molecule has 4 nitrogen and oxygen atoms in total. The topological polar surface area (TPSA) is 39.7 Å². The summed E-state index contributed by atoms with van der Waals surface area (Å²) >= 11 is 0. The minimum absolute atomic E-state index is 0. The van der Waals surface area contributed by atoms with Crippen LogP contribution in [0, 0.1) is 17.8 Å². The fourth-order valence-electron chi connectivity index (χ4n) is 4.01. The second-order valence-corrected chi connectivity index (χ2v) is 8.16. The Hall–Kier alpha value is -0.820. The normalized spacial score (nSPS) is 24.0. The molecule has 146 valence electrons. The van der Waals surface area contributed by atoms with E-state index < -0.39 is 0 Å².